The van der Waals surface area contributed by atoms with Crippen molar-refractivity contribution < 1.29 is 14.3 Å². The molecule has 1 atom stereocenters. The van der Waals surface area contributed by atoms with Crippen molar-refractivity contribution in [2.24, 2.45) is 0 Å². The molecule has 2 aromatic carbocycles. The molecule has 31 heavy (non-hydrogen) atoms. The minimum absolute atomic E-state index is 0.251. The molecule has 0 bridgehead atoms. The van der Waals surface area contributed by atoms with Crippen molar-refractivity contribution in [3.8, 4) is 11.1 Å². The number of nitrogens with zero attached hydrogens (tertiary/aromatic N) is 2. The molecule has 2 amide bonds. The maximum Gasteiger partial charge on any atom is 0.415 e. The first-order valence-corrected chi connectivity index (χ1v) is 10.2. The van der Waals surface area contributed by atoms with Crippen molar-refractivity contribution in [2.75, 3.05) is 10.2 Å². The highest BCUT2D eigenvalue weighted by Gasteiger charge is 2.40. The Morgan fingerprint density at radius 2 is 1.61 bits per heavy atom. The smallest absolute Gasteiger partial charge is 0.415 e. The fourth-order valence-corrected chi connectivity index (χ4v) is 3.65. The molecule has 0 saturated heterocycles. The number of carbonyl (C=O) groups excluding carboxylic acids is 2. The van der Waals surface area contributed by atoms with E-state index in [0.717, 1.165) is 16.7 Å². The third-order valence-electron chi connectivity index (χ3n) is 5.04. The van der Waals surface area contributed by atoms with Gasteiger partial charge in [-0.25, -0.2) is 4.79 Å². The largest absolute Gasteiger partial charge is 0.443 e. The summed E-state index contributed by atoms with van der Waals surface area (Å²) < 4.78 is 5.58. The number of para-hydroxylation sites is 1. The zero-order chi connectivity index (χ0) is 22.0. The quantitative estimate of drug-likeness (QED) is 0.650. The van der Waals surface area contributed by atoms with Gasteiger partial charge in [0.2, 0.25) is 5.91 Å². The van der Waals surface area contributed by atoms with Gasteiger partial charge in [-0.3, -0.25) is 14.7 Å². The maximum absolute atomic E-state index is 13.1. The van der Waals surface area contributed by atoms with Gasteiger partial charge in [0.1, 0.15) is 11.6 Å². The number of rotatable bonds is 3. The van der Waals surface area contributed by atoms with Gasteiger partial charge in [0.25, 0.3) is 0 Å². The molecule has 0 fully saturated rings. The standard InChI is InChI=1S/C25H25N3O3/c1-25(2,3)31-24(30)28-21-7-5-4-6-19(21)16-22(28)23(29)27-20-10-8-17(9-11-20)18-12-14-26-15-13-18/h4-15,22H,16H2,1-3H3,(H,27,29). The molecular weight excluding hydrogens is 390 g/mol. The van der Waals surface area contributed by atoms with E-state index < -0.39 is 17.7 Å². The number of hydrogen-bond donors (Lipinski definition) is 1. The fraction of sp³-hybridized carbons (Fsp3) is 0.240. The molecule has 0 saturated carbocycles. The van der Waals surface area contributed by atoms with Crippen LogP contribution in [0.3, 0.4) is 0 Å². The molecule has 2 heterocycles. The predicted molar refractivity (Wildman–Crippen MR) is 121 cm³/mol. The summed E-state index contributed by atoms with van der Waals surface area (Å²) in [5.41, 5.74) is 3.76. The molecule has 6 nitrogen and oxygen atoms in total. The number of fused-ring (bicyclic) bond motifs is 1. The molecule has 6 heteroatoms. The Morgan fingerprint density at radius 1 is 0.968 bits per heavy atom. The molecule has 158 valence electrons. The summed E-state index contributed by atoms with van der Waals surface area (Å²) in [5, 5.41) is 2.94. The lowest BCUT2D eigenvalue weighted by Crippen LogP contribution is -2.47. The molecule has 0 aliphatic carbocycles. The number of anilines is 2. The predicted octanol–water partition coefficient (Wildman–Crippen LogP) is 5.05. The molecule has 1 aliphatic rings. The first-order chi connectivity index (χ1) is 14.8. The van der Waals surface area contributed by atoms with E-state index in [1.54, 1.807) is 12.4 Å². The zero-order valence-electron chi connectivity index (χ0n) is 17.8. The highest BCUT2D eigenvalue weighted by Crippen LogP contribution is 2.34. The number of nitrogens with one attached hydrogen (secondary N) is 1. The Kier molecular flexibility index (Phi) is 5.46. The van der Waals surface area contributed by atoms with Crippen molar-refractivity contribution in [3.63, 3.8) is 0 Å². The SMILES string of the molecule is CC(C)(C)OC(=O)N1c2ccccc2CC1C(=O)Nc1ccc(-c2ccncc2)cc1. The third kappa shape index (κ3) is 4.58. The highest BCUT2D eigenvalue weighted by atomic mass is 16.6. The number of hydrogen-bond acceptors (Lipinski definition) is 4. The number of amides is 2. The summed E-state index contributed by atoms with van der Waals surface area (Å²) in [5.74, 6) is -0.251. The summed E-state index contributed by atoms with van der Waals surface area (Å²) in [7, 11) is 0. The highest BCUT2D eigenvalue weighted by molar-refractivity contribution is 6.05. The Bertz CT molecular complexity index is 1090. The second kappa shape index (κ2) is 8.22. The van der Waals surface area contributed by atoms with Crippen LogP contribution in [0.15, 0.2) is 73.1 Å². The van der Waals surface area contributed by atoms with Crippen LogP contribution in [-0.4, -0.2) is 28.6 Å². The van der Waals surface area contributed by atoms with Gasteiger partial charge in [0.05, 0.1) is 5.69 Å². The van der Waals surface area contributed by atoms with Gasteiger partial charge in [-0.15, -0.1) is 0 Å². The van der Waals surface area contributed by atoms with Crippen LogP contribution in [0, 0.1) is 0 Å². The van der Waals surface area contributed by atoms with Gasteiger partial charge in [0.15, 0.2) is 0 Å². The average molecular weight is 415 g/mol. The van der Waals surface area contributed by atoms with Crippen molar-refractivity contribution in [2.45, 2.75) is 38.8 Å². The van der Waals surface area contributed by atoms with Crippen LogP contribution in [0.1, 0.15) is 26.3 Å². The molecule has 0 spiro atoms. The molecule has 1 aliphatic heterocycles. The Balaban J connectivity index is 1.53. The molecule has 1 N–H and O–H groups in total. The van der Waals surface area contributed by atoms with E-state index in [1.807, 2.05) is 81.4 Å². The van der Waals surface area contributed by atoms with E-state index in [4.69, 9.17) is 4.74 Å². The normalized spacial score (nSPS) is 15.3. The monoisotopic (exact) mass is 415 g/mol. The van der Waals surface area contributed by atoms with Gasteiger partial charge in [-0.1, -0.05) is 30.3 Å². The summed E-state index contributed by atoms with van der Waals surface area (Å²) in [6, 6.07) is 18.3. The lowest BCUT2D eigenvalue weighted by atomic mass is 10.1. The molecule has 0 radical (unpaired) electrons. The van der Waals surface area contributed by atoms with Crippen LogP contribution in [0.2, 0.25) is 0 Å². The van der Waals surface area contributed by atoms with E-state index in [2.05, 4.69) is 10.3 Å². The van der Waals surface area contributed by atoms with E-state index in [-0.39, 0.29) is 5.91 Å². The summed E-state index contributed by atoms with van der Waals surface area (Å²) in [6.07, 6.45) is 3.41. The zero-order valence-corrected chi connectivity index (χ0v) is 17.8. The third-order valence-corrected chi connectivity index (χ3v) is 5.04. The number of benzene rings is 2. The van der Waals surface area contributed by atoms with Crippen LogP contribution in [-0.2, 0) is 16.0 Å². The van der Waals surface area contributed by atoms with Crippen molar-refractivity contribution in [1.82, 2.24) is 4.98 Å². The molecule has 1 aromatic heterocycles. The Morgan fingerprint density at radius 3 is 2.29 bits per heavy atom. The van der Waals surface area contributed by atoms with Gasteiger partial charge < -0.3 is 10.1 Å². The minimum atomic E-state index is -0.674. The second-order valence-corrected chi connectivity index (χ2v) is 8.50. The first-order valence-electron chi connectivity index (χ1n) is 10.2. The van der Waals surface area contributed by atoms with Crippen LogP contribution >= 0.6 is 0 Å². The van der Waals surface area contributed by atoms with Gasteiger partial charge in [-0.2, -0.15) is 0 Å². The molecule has 4 rings (SSSR count). The van der Waals surface area contributed by atoms with Gasteiger partial charge in [-0.05, 0) is 67.8 Å². The van der Waals surface area contributed by atoms with E-state index in [0.29, 0.717) is 17.8 Å². The van der Waals surface area contributed by atoms with Crippen LogP contribution < -0.4 is 10.2 Å². The van der Waals surface area contributed by atoms with Crippen molar-refractivity contribution in [1.29, 1.82) is 0 Å². The first kappa shape index (κ1) is 20.6. The second-order valence-electron chi connectivity index (χ2n) is 8.50. The fourth-order valence-electron chi connectivity index (χ4n) is 3.65. The maximum atomic E-state index is 13.1. The lowest BCUT2D eigenvalue weighted by molar-refractivity contribution is -0.117. The topological polar surface area (TPSA) is 71.5 Å². The van der Waals surface area contributed by atoms with Gasteiger partial charge in [0, 0.05) is 24.5 Å². The average Bonchev–Trinajstić information content (AvgIpc) is 3.14. The number of ether oxygens (including phenoxy) is 1. The minimum Gasteiger partial charge on any atom is -0.443 e. The van der Waals surface area contributed by atoms with Gasteiger partial charge >= 0.3 is 6.09 Å². The molecule has 3 aromatic rings. The number of pyridine rings is 1. The summed E-state index contributed by atoms with van der Waals surface area (Å²) in [4.78, 5) is 31.6. The number of carbonyl (C=O) groups is 2. The molecular formula is C25H25N3O3. The van der Waals surface area contributed by atoms with Crippen LogP contribution in [0.5, 0.6) is 0 Å². The number of aromatic nitrogens is 1. The van der Waals surface area contributed by atoms with E-state index in [1.165, 1.54) is 4.90 Å². The van der Waals surface area contributed by atoms with Crippen LogP contribution in [0.4, 0.5) is 16.2 Å². The lowest BCUT2D eigenvalue weighted by Gasteiger charge is -2.28. The van der Waals surface area contributed by atoms with E-state index >= 15 is 0 Å². The molecule has 1 unspecified atom stereocenters. The Labute approximate surface area is 181 Å². The van der Waals surface area contributed by atoms with E-state index in [9.17, 15) is 9.59 Å². The summed E-state index contributed by atoms with van der Waals surface area (Å²) >= 11 is 0. The van der Waals surface area contributed by atoms with Crippen molar-refractivity contribution in [3.05, 3.63) is 78.6 Å². The summed E-state index contributed by atoms with van der Waals surface area (Å²) in [6.45, 7) is 5.44. The van der Waals surface area contributed by atoms with Crippen LogP contribution in [0.25, 0.3) is 11.1 Å². The van der Waals surface area contributed by atoms with Crippen molar-refractivity contribution >= 4 is 23.4 Å². The Hall–Kier alpha value is -3.67.